The molecule has 3 atom stereocenters. The highest BCUT2D eigenvalue weighted by Crippen LogP contribution is 2.49. The van der Waals surface area contributed by atoms with Crippen molar-refractivity contribution < 1.29 is 9.90 Å². The minimum Gasteiger partial charge on any atom is -0.390 e. The molecule has 0 bridgehead atoms. The first-order chi connectivity index (χ1) is 7.83. The largest absolute Gasteiger partial charge is 0.390 e. The highest BCUT2D eigenvalue weighted by atomic mass is 16.3. The fourth-order valence-electron chi connectivity index (χ4n) is 3.38. The monoisotopic (exact) mass is 234 g/mol. The predicted octanol–water partition coefficient (Wildman–Crippen LogP) is 3.02. The fourth-order valence-corrected chi connectivity index (χ4v) is 3.38. The lowest BCUT2D eigenvalue weighted by molar-refractivity contribution is -0.115. The molecular formula is C15H22O2. The second-order valence-corrected chi connectivity index (χ2v) is 6.05. The number of hydrogen-bond donors (Lipinski definition) is 1. The Bertz CT molecular complexity index is 397. The Kier molecular flexibility index (Phi) is 3.03. The number of hydrogen-bond acceptors (Lipinski definition) is 2. The number of ketones is 1. The number of Topliss-reactive ketones (excluding diaryl/α,β-unsaturated/α-hetero) is 1. The average Bonchev–Trinajstić information content (AvgIpc) is 2.41. The summed E-state index contributed by atoms with van der Waals surface area (Å²) < 4.78 is 0. The van der Waals surface area contributed by atoms with Gasteiger partial charge in [-0.05, 0) is 57.4 Å². The molecule has 0 saturated heterocycles. The van der Waals surface area contributed by atoms with Gasteiger partial charge in [-0.25, -0.2) is 0 Å². The van der Waals surface area contributed by atoms with Crippen molar-refractivity contribution in [1.29, 1.82) is 0 Å². The lowest BCUT2D eigenvalue weighted by Gasteiger charge is -2.29. The van der Waals surface area contributed by atoms with Gasteiger partial charge >= 0.3 is 0 Å². The molecule has 0 aromatic heterocycles. The Morgan fingerprint density at radius 2 is 2.12 bits per heavy atom. The smallest absolute Gasteiger partial charge is 0.162 e. The van der Waals surface area contributed by atoms with Crippen molar-refractivity contribution in [1.82, 2.24) is 0 Å². The summed E-state index contributed by atoms with van der Waals surface area (Å²) in [5.41, 5.74) is 2.39. The molecule has 0 spiro atoms. The van der Waals surface area contributed by atoms with Gasteiger partial charge in [-0.2, -0.15) is 0 Å². The van der Waals surface area contributed by atoms with Crippen LogP contribution in [-0.2, 0) is 4.79 Å². The third-order valence-corrected chi connectivity index (χ3v) is 4.52. The number of fused-ring (bicyclic) bond motifs is 1. The van der Waals surface area contributed by atoms with Crippen LogP contribution < -0.4 is 0 Å². The van der Waals surface area contributed by atoms with E-state index in [9.17, 15) is 9.90 Å². The SMILES string of the molecule is C=C1CC(=O)C(=C(C)C)CC2[C@H]1CC[C@]2(C)O. The van der Waals surface area contributed by atoms with E-state index >= 15 is 0 Å². The predicted molar refractivity (Wildman–Crippen MR) is 68.6 cm³/mol. The van der Waals surface area contributed by atoms with E-state index in [1.165, 1.54) is 0 Å². The summed E-state index contributed by atoms with van der Waals surface area (Å²) in [5.74, 6) is 0.706. The normalized spacial score (nSPS) is 38.0. The number of aliphatic hydroxyl groups is 1. The van der Waals surface area contributed by atoms with Gasteiger partial charge in [-0.15, -0.1) is 0 Å². The maximum absolute atomic E-state index is 12.1. The van der Waals surface area contributed by atoms with Crippen LogP contribution >= 0.6 is 0 Å². The van der Waals surface area contributed by atoms with Crippen LogP contribution in [0.4, 0.5) is 0 Å². The molecule has 2 saturated carbocycles. The van der Waals surface area contributed by atoms with Crippen LogP contribution in [0.5, 0.6) is 0 Å². The molecule has 2 fully saturated rings. The summed E-state index contributed by atoms with van der Waals surface area (Å²) in [7, 11) is 0. The quantitative estimate of drug-likeness (QED) is 0.517. The van der Waals surface area contributed by atoms with E-state index in [-0.39, 0.29) is 11.7 Å². The summed E-state index contributed by atoms with van der Waals surface area (Å²) in [5, 5.41) is 10.4. The number of allylic oxidation sites excluding steroid dienone is 3. The Morgan fingerprint density at radius 1 is 1.47 bits per heavy atom. The molecule has 94 valence electrons. The molecule has 0 amide bonds. The zero-order valence-electron chi connectivity index (χ0n) is 11.0. The summed E-state index contributed by atoms with van der Waals surface area (Å²) in [4.78, 5) is 12.1. The molecule has 2 rings (SSSR count). The van der Waals surface area contributed by atoms with Crippen LogP contribution in [0.1, 0.15) is 46.5 Å². The molecule has 0 aromatic rings. The van der Waals surface area contributed by atoms with Crippen LogP contribution in [0.25, 0.3) is 0 Å². The third kappa shape index (κ3) is 2.11. The molecule has 2 aliphatic carbocycles. The Morgan fingerprint density at radius 3 is 2.71 bits per heavy atom. The molecule has 0 radical (unpaired) electrons. The molecule has 0 aromatic carbocycles. The molecule has 1 N–H and O–H groups in total. The summed E-state index contributed by atoms with van der Waals surface area (Å²) in [6.07, 6.45) is 2.99. The molecule has 17 heavy (non-hydrogen) atoms. The maximum Gasteiger partial charge on any atom is 0.162 e. The Hall–Kier alpha value is -0.890. The molecule has 2 heteroatoms. The highest BCUT2D eigenvalue weighted by molar-refractivity contribution is 5.98. The van der Waals surface area contributed by atoms with E-state index in [0.717, 1.165) is 36.0 Å². The lowest BCUT2D eigenvalue weighted by Crippen LogP contribution is -2.32. The Balaban J connectivity index is 2.40. The second kappa shape index (κ2) is 4.09. The minimum atomic E-state index is -0.640. The summed E-state index contributed by atoms with van der Waals surface area (Å²) >= 11 is 0. The van der Waals surface area contributed by atoms with Gasteiger partial charge in [0.15, 0.2) is 5.78 Å². The first-order valence-corrected chi connectivity index (χ1v) is 6.42. The highest BCUT2D eigenvalue weighted by Gasteiger charge is 2.47. The van der Waals surface area contributed by atoms with Gasteiger partial charge in [0.2, 0.25) is 0 Å². The topological polar surface area (TPSA) is 37.3 Å². The van der Waals surface area contributed by atoms with Crippen LogP contribution in [0.2, 0.25) is 0 Å². The molecule has 2 nitrogen and oxygen atoms in total. The molecule has 2 aliphatic rings. The third-order valence-electron chi connectivity index (χ3n) is 4.52. The first kappa shape index (κ1) is 12.6. The zero-order chi connectivity index (χ0) is 12.8. The van der Waals surface area contributed by atoms with E-state index in [1.54, 1.807) is 0 Å². The van der Waals surface area contributed by atoms with Crippen molar-refractivity contribution in [3.05, 3.63) is 23.3 Å². The van der Waals surface area contributed by atoms with Gasteiger partial charge in [0.25, 0.3) is 0 Å². The van der Waals surface area contributed by atoms with Gasteiger partial charge in [-0.3, -0.25) is 4.79 Å². The zero-order valence-corrected chi connectivity index (χ0v) is 11.0. The van der Waals surface area contributed by atoms with Crippen LogP contribution in [0, 0.1) is 11.8 Å². The van der Waals surface area contributed by atoms with Crippen molar-refractivity contribution in [3.8, 4) is 0 Å². The van der Waals surface area contributed by atoms with Crippen molar-refractivity contribution in [2.24, 2.45) is 11.8 Å². The second-order valence-electron chi connectivity index (χ2n) is 6.05. The van der Waals surface area contributed by atoms with Crippen LogP contribution in [0.15, 0.2) is 23.3 Å². The Labute approximate surface area is 103 Å². The molecule has 0 aliphatic heterocycles. The van der Waals surface area contributed by atoms with Crippen molar-refractivity contribution in [2.45, 2.75) is 52.1 Å². The van der Waals surface area contributed by atoms with Crippen LogP contribution in [0.3, 0.4) is 0 Å². The van der Waals surface area contributed by atoms with Gasteiger partial charge in [0, 0.05) is 6.42 Å². The van der Waals surface area contributed by atoms with E-state index in [2.05, 4.69) is 6.58 Å². The maximum atomic E-state index is 12.1. The van der Waals surface area contributed by atoms with Crippen molar-refractivity contribution >= 4 is 5.78 Å². The van der Waals surface area contributed by atoms with E-state index < -0.39 is 5.60 Å². The van der Waals surface area contributed by atoms with Gasteiger partial charge < -0.3 is 5.11 Å². The standard InChI is InChI=1S/C15H22O2/c1-9(2)12-8-13-11(5-6-15(13,4)17)10(3)7-14(12)16/h11,13,17H,3,5-8H2,1-2,4H3/t11-,13?,15-/m0/s1. The van der Waals surface area contributed by atoms with Crippen LogP contribution in [-0.4, -0.2) is 16.5 Å². The van der Waals surface area contributed by atoms with Gasteiger partial charge in [0.05, 0.1) is 5.60 Å². The van der Waals surface area contributed by atoms with Gasteiger partial charge in [0.1, 0.15) is 0 Å². The minimum absolute atomic E-state index is 0.173. The van der Waals surface area contributed by atoms with Gasteiger partial charge in [-0.1, -0.05) is 17.7 Å². The lowest BCUT2D eigenvalue weighted by atomic mass is 9.81. The summed E-state index contributed by atoms with van der Waals surface area (Å²) in [6, 6.07) is 0. The number of carbonyl (C=O) groups is 1. The summed E-state index contributed by atoms with van der Waals surface area (Å²) in [6.45, 7) is 9.95. The number of rotatable bonds is 0. The molecular weight excluding hydrogens is 212 g/mol. The van der Waals surface area contributed by atoms with E-state index in [0.29, 0.717) is 12.3 Å². The average molecular weight is 234 g/mol. The first-order valence-electron chi connectivity index (χ1n) is 6.42. The molecule has 0 heterocycles. The van der Waals surface area contributed by atoms with E-state index in [4.69, 9.17) is 0 Å². The van der Waals surface area contributed by atoms with Crippen molar-refractivity contribution in [2.75, 3.05) is 0 Å². The van der Waals surface area contributed by atoms with Crippen molar-refractivity contribution in [3.63, 3.8) is 0 Å². The number of carbonyl (C=O) groups excluding carboxylic acids is 1. The fraction of sp³-hybridized carbons (Fsp3) is 0.667. The van der Waals surface area contributed by atoms with E-state index in [1.807, 2.05) is 20.8 Å². The molecule has 1 unspecified atom stereocenters.